The van der Waals surface area contributed by atoms with Crippen LogP contribution in [-0.2, 0) is 0 Å². The molecule has 0 radical (unpaired) electrons. The lowest BCUT2D eigenvalue weighted by molar-refractivity contribution is 0.864. The number of pyridine rings is 1. The SMILES string of the molecule is CC(C)c1ccnc(-c2cc(-c3ccccc3)c3sc(-c4ccccc4)cc3c2)c1. The Hall–Kier alpha value is -3.23. The van der Waals surface area contributed by atoms with Gasteiger partial charge in [-0.1, -0.05) is 74.5 Å². The van der Waals surface area contributed by atoms with Crippen LogP contribution in [0.15, 0.2) is 97.2 Å². The van der Waals surface area contributed by atoms with Gasteiger partial charge in [0, 0.05) is 26.9 Å². The van der Waals surface area contributed by atoms with Gasteiger partial charge in [-0.3, -0.25) is 4.98 Å². The van der Waals surface area contributed by atoms with E-state index in [9.17, 15) is 0 Å². The first-order valence-corrected chi connectivity index (χ1v) is 11.2. The average molecular weight is 406 g/mol. The summed E-state index contributed by atoms with van der Waals surface area (Å²) in [6.07, 6.45) is 1.93. The van der Waals surface area contributed by atoms with Gasteiger partial charge in [0.05, 0.1) is 5.69 Å². The Bertz CT molecular complexity index is 1300. The second-order valence-electron chi connectivity index (χ2n) is 7.91. The van der Waals surface area contributed by atoms with Crippen LogP contribution in [0.3, 0.4) is 0 Å². The van der Waals surface area contributed by atoms with Crippen LogP contribution in [-0.4, -0.2) is 4.98 Å². The monoisotopic (exact) mass is 405 g/mol. The summed E-state index contributed by atoms with van der Waals surface area (Å²) in [7, 11) is 0. The molecule has 2 heterocycles. The van der Waals surface area contributed by atoms with Gasteiger partial charge in [0.2, 0.25) is 0 Å². The van der Waals surface area contributed by atoms with Gasteiger partial charge >= 0.3 is 0 Å². The van der Waals surface area contributed by atoms with Gasteiger partial charge in [-0.15, -0.1) is 11.3 Å². The van der Waals surface area contributed by atoms with Crippen molar-refractivity contribution >= 4 is 21.4 Å². The average Bonchev–Trinajstić information content (AvgIpc) is 3.24. The minimum absolute atomic E-state index is 0.481. The highest BCUT2D eigenvalue weighted by Crippen LogP contribution is 2.41. The summed E-state index contributed by atoms with van der Waals surface area (Å²) in [5, 5.41) is 1.27. The van der Waals surface area contributed by atoms with Crippen LogP contribution in [0, 0.1) is 0 Å². The molecule has 146 valence electrons. The Morgan fingerprint density at radius 2 is 1.40 bits per heavy atom. The van der Waals surface area contributed by atoms with E-state index in [2.05, 4.69) is 105 Å². The standard InChI is InChI=1S/C28H23NS/c1-19(2)22-13-14-29-26(17-22)23-15-24-18-27(21-11-7-4-8-12-21)30-28(24)25(16-23)20-9-5-3-6-10-20/h3-19H,1-2H3. The van der Waals surface area contributed by atoms with Gasteiger partial charge in [0.25, 0.3) is 0 Å². The Labute approximate surface area is 181 Å². The van der Waals surface area contributed by atoms with Crippen molar-refractivity contribution in [3.8, 4) is 32.8 Å². The lowest BCUT2D eigenvalue weighted by Crippen LogP contribution is -1.91. The summed E-state index contributed by atoms with van der Waals surface area (Å²) < 4.78 is 1.32. The molecule has 5 rings (SSSR count). The molecular weight excluding hydrogens is 382 g/mol. The maximum atomic E-state index is 4.70. The van der Waals surface area contributed by atoms with Crippen molar-refractivity contribution < 1.29 is 0 Å². The van der Waals surface area contributed by atoms with Gasteiger partial charge in [0.15, 0.2) is 0 Å². The molecule has 0 spiro atoms. The van der Waals surface area contributed by atoms with E-state index in [0.717, 1.165) is 5.69 Å². The van der Waals surface area contributed by atoms with Crippen LogP contribution in [0.1, 0.15) is 25.3 Å². The second kappa shape index (κ2) is 7.89. The highest BCUT2D eigenvalue weighted by Gasteiger charge is 2.13. The number of thiophene rings is 1. The predicted molar refractivity (Wildman–Crippen MR) is 130 cm³/mol. The molecule has 0 N–H and O–H groups in total. The summed E-state index contributed by atoms with van der Waals surface area (Å²) in [5.74, 6) is 0.481. The smallest absolute Gasteiger partial charge is 0.0705 e. The Balaban J connectivity index is 1.74. The molecule has 0 saturated carbocycles. The van der Waals surface area contributed by atoms with E-state index < -0.39 is 0 Å². The number of benzene rings is 3. The van der Waals surface area contributed by atoms with E-state index in [-0.39, 0.29) is 0 Å². The zero-order chi connectivity index (χ0) is 20.5. The van der Waals surface area contributed by atoms with Crippen LogP contribution in [0.2, 0.25) is 0 Å². The van der Waals surface area contributed by atoms with Crippen molar-refractivity contribution in [2.45, 2.75) is 19.8 Å². The molecule has 0 amide bonds. The molecule has 0 fully saturated rings. The zero-order valence-corrected chi connectivity index (χ0v) is 18.0. The molecule has 5 aromatic rings. The van der Waals surface area contributed by atoms with Crippen molar-refractivity contribution in [2.24, 2.45) is 0 Å². The lowest BCUT2D eigenvalue weighted by Gasteiger charge is -2.10. The van der Waals surface area contributed by atoms with Gasteiger partial charge in [-0.25, -0.2) is 0 Å². The molecule has 2 heteroatoms. The summed E-state index contributed by atoms with van der Waals surface area (Å²) in [6, 6.07) is 32.6. The molecule has 0 atom stereocenters. The van der Waals surface area contributed by atoms with Crippen molar-refractivity contribution in [1.29, 1.82) is 0 Å². The summed E-state index contributed by atoms with van der Waals surface area (Å²) in [4.78, 5) is 6.00. The minimum Gasteiger partial charge on any atom is -0.256 e. The van der Waals surface area contributed by atoms with Crippen LogP contribution in [0.5, 0.6) is 0 Å². The van der Waals surface area contributed by atoms with E-state index in [1.807, 2.05) is 17.5 Å². The predicted octanol–water partition coefficient (Wildman–Crippen LogP) is 8.42. The Kier molecular flexibility index (Phi) is 4.94. The largest absolute Gasteiger partial charge is 0.256 e. The summed E-state index contributed by atoms with van der Waals surface area (Å²) in [6.45, 7) is 4.45. The number of hydrogen-bond donors (Lipinski definition) is 0. The molecular formula is C28H23NS. The van der Waals surface area contributed by atoms with Gasteiger partial charge in [-0.05, 0) is 58.3 Å². The van der Waals surface area contributed by atoms with E-state index in [0.29, 0.717) is 5.92 Å². The first-order valence-electron chi connectivity index (χ1n) is 10.3. The maximum absolute atomic E-state index is 4.70. The van der Waals surface area contributed by atoms with E-state index in [4.69, 9.17) is 4.98 Å². The Morgan fingerprint density at radius 1 is 0.700 bits per heavy atom. The van der Waals surface area contributed by atoms with Crippen LogP contribution in [0.4, 0.5) is 0 Å². The second-order valence-corrected chi connectivity index (χ2v) is 8.97. The maximum Gasteiger partial charge on any atom is 0.0705 e. The molecule has 30 heavy (non-hydrogen) atoms. The van der Waals surface area contributed by atoms with Crippen molar-refractivity contribution in [2.75, 3.05) is 0 Å². The fourth-order valence-corrected chi connectivity index (χ4v) is 5.02. The number of aromatic nitrogens is 1. The number of hydrogen-bond acceptors (Lipinski definition) is 2. The Morgan fingerprint density at radius 3 is 2.10 bits per heavy atom. The topological polar surface area (TPSA) is 12.9 Å². The van der Waals surface area contributed by atoms with Crippen LogP contribution >= 0.6 is 11.3 Å². The first-order chi connectivity index (χ1) is 14.7. The lowest BCUT2D eigenvalue weighted by atomic mass is 9.97. The quantitative estimate of drug-likeness (QED) is 0.292. The summed E-state index contributed by atoms with van der Waals surface area (Å²) >= 11 is 1.86. The van der Waals surface area contributed by atoms with Gasteiger partial charge in [-0.2, -0.15) is 0 Å². The molecule has 0 aliphatic heterocycles. The molecule has 2 aromatic heterocycles. The highest BCUT2D eigenvalue weighted by atomic mass is 32.1. The number of rotatable bonds is 4. The third-order valence-corrected chi connectivity index (χ3v) is 6.74. The molecule has 0 bridgehead atoms. The van der Waals surface area contributed by atoms with Crippen LogP contribution in [0.25, 0.3) is 42.9 Å². The van der Waals surface area contributed by atoms with Crippen molar-refractivity contribution in [1.82, 2.24) is 4.98 Å². The molecule has 0 aliphatic carbocycles. The first kappa shape index (κ1) is 18.8. The van der Waals surface area contributed by atoms with Crippen molar-refractivity contribution in [3.63, 3.8) is 0 Å². The van der Waals surface area contributed by atoms with Crippen LogP contribution < -0.4 is 0 Å². The van der Waals surface area contributed by atoms with E-state index in [1.54, 1.807) is 0 Å². The highest BCUT2D eigenvalue weighted by molar-refractivity contribution is 7.22. The zero-order valence-electron chi connectivity index (χ0n) is 17.2. The van der Waals surface area contributed by atoms with Gasteiger partial charge < -0.3 is 0 Å². The molecule has 0 unspecified atom stereocenters. The molecule has 3 aromatic carbocycles. The molecule has 0 aliphatic rings. The number of fused-ring (bicyclic) bond motifs is 1. The summed E-state index contributed by atoms with van der Waals surface area (Å²) in [5.41, 5.74) is 7.29. The molecule has 0 saturated heterocycles. The number of nitrogens with zero attached hydrogens (tertiary/aromatic N) is 1. The van der Waals surface area contributed by atoms with Crippen molar-refractivity contribution in [3.05, 3.63) is 103 Å². The normalized spacial score (nSPS) is 11.3. The fourth-order valence-electron chi connectivity index (χ4n) is 3.84. The third kappa shape index (κ3) is 3.55. The third-order valence-electron chi connectivity index (χ3n) is 5.51. The molecule has 1 nitrogen and oxygen atoms in total. The van der Waals surface area contributed by atoms with E-state index in [1.165, 1.54) is 42.8 Å². The minimum atomic E-state index is 0.481. The van der Waals surface area contributed by atoms with Gasteiger partial charge in [0.1, 0.15) is 0 Å². The fraction of sp³-hybridized carbons (Fsp3) is 0.107. The van der Waals surface area contributed by atoms with E-state index >= 15 is 0 Å².